The van der Waals surface area contributed by atoms with Gasteiger partial charge in [0.1, 0.15) is 0 Å². The molecule has 0 bridgehead atoms. The molecule has 17 heavy (non-hydrogen) atoms. The highest BCUT2D eigenvalue weighted by Gasteiger charge is 2.14. The molecular formula is C13H17ClN2S. The van der Waals surface area contributed by atoms with Gasteiger partial charge in [0.05, 0.1) is 6.04 Å². The first kappa shape index (κ1) is 12.8. The normalized spacial score (nSPS) is 19.9. The van der Waals surface area contributed by atoms with Crippen LogP contribution in [0.1, 0.15) is 25.3 Å². The number of nitrogens with zero attached hydrogens (tertiary/aromatic N) is 1. The molecule has 0 aromatic heterocycles. The zero-order chi connectivity index (χ0) is 12.3. The third kappa shape index (κ3) is 3.39. The van der Waals surface area contributed by atoms with Gasteiger partial charge >= 0.3 is 0 Å². The van der Waals surface area contributed by atoms with Crippen LogP contribution in [0.2, 0.25) is 5.02 Å². The summed E-state index contributed by atoms with van der Waals surface area (Å²) in [5, 5.41) is 5.16. The smallest absolute Gasteiger partial charge is 0.161 e. The molecule has 0 aliphatic carbocycles. The summed E-state index contributed by atoms with van der Waals surface area (Å²) < 4.78 is 0. The molecule has 1 unspecified atom stereocenters. The van der Waals surface area contributed by atoms with E-state index in [-0.39, 0.29) is 0 Å². The molecule has 1 aliphatic heterocycles. The summed E-state index contributed by atoms with van der Waals surface area (Å²) in [6.07, 6.45) is 2.29. The van der Waals surface area contributed by atoms with Crippen molar-refractivity contribution in [2.45, 2.75) is 32.7 Å². The first-order valence-corrected chi connectivity index (χ1v) is 7.29. The highest BCUT2D eigenvalue weighted by Crippen LogP contribution is 2.25. The number of rotatable bonds is 2. The minimum absolute atomic E-state index is 0.471. The van der Waals surface area contributed by atoms with Gasteiger partial charge in [-0.05, 0) is 37.5 Å². The monoisotopic (exact) mass is 268 g/mol. The number of hydrogen-bond acceptors (Lipinski definition) is 3. The number of thioether (sulfide) groups is 1. The van der Waals surface area contributed by atoms with Gasteiger partial charge in [-0.1, -0.05) is 36.4 Å². The Morgan fingerprint density at radius 1 is 1.53 bits per heavy atom. The van der Waals surface area contributed by atoms with Gasteiger partial charge < -0.3 is 5.32 Å². The number of benzene rings is 1. The maximum absolute atomic E-state index is 6.00. The molecule has 4 heteroatoms. The average Bonchev–Trinajstić information content (AvgIpc) is 2.34. The SMILES string of the molecule is CCC1CCSC(Nc2cc(Cl)ccc2C)=N1. The predicted octanol–water partition coefficient (Wildman–Crippen LogP) is 4.33. The number of aryl methyl sites for hydroxylation is 1. The van der Waals surface area contributed by atoms with Crippen molar-refractivity contribution in [2.75, 3.05) is 11.1 Å². The number of nitrogens with one attached hydrogen (secondary N) is 1. The standard InChI is InChI=1S/C13H17ClN2S/c1-3-11-6-7-17-13(15-11)16-12-8-10(14)5-4-9(12)2/h4-5,8,11H,3,6-7H2,1-2H3,(H,15,16). The molecule has 1 heterocycles. The Balaban J connectivity index is 2.15. The molecule has 0 spiro atoms. The molecule has 0 saturated heterocycles. The minimum Gasteiger partial charge on any atom is -0.335 e. The number of hydrogen-bond donors (Lipinski definition) is 1. The van der Waals surface area contributed by atoms with Crippen LogP contribution in [0.3, 0.4) is 0 Å². The van der Waals surface area contributed by atoms with Gasteiger partial charge in [-0.2, -0.15) is 0 Å². The van der Waals surface area contributed by atoms with E-state index < -0.39 is 0 Å². The molecule has 2 rings (SSSR count). The first-order valence-electron chi connectivity index (χ1n) is 5.93. The van der Waals surface area contributed by atoms with Gasteiger partial charge in [0.25, 0.3) is 0 Å². The van der Waals surface area contributed by atoms with E-state index in [2.05, 4.69) is 19.2 Å². The van der Waals surface area contributed by atoms with Gasteiger partial charge in [-0.15, -0.1) is 0 Å². The number of amidine groups is 1. The fraction of sp³-hybridized carbons (Fsp3) is 0.462. The Morgan fingerprint density at radius 3 is 3.12 bits per heavy atom. The molecule has 92 valence electrons. The second-order valence-corrected chi connectivity index (χ2v) is 5.74. The van der Waals surface area contributed by atoms with Crippen LogP contribution < -0.4 is 5.32 Å². The van der Waals surface area contributed by atoms with Crippen LogP contribution in [0.5, 0.6) is 0 Å². The highest BCUT2D eigenvalue weighted by atomic mass is 35.5. The molecule has 1 aliphatic rings. The molecule has 0 saturated carbocycles. The maximum atomic E-state index is 6.00. The largest absolute Gasteiger partial charge is 0.335 e. The lowest BCUT2D eigenvalue weighted by Gasteiger charge is -2.20. The Labute approximate surface area is 112 Å². The second-order valence-electron chi connectivity index (χ2n) is 4.22. The fourth-order valence-electron chi connectivity index (χ4n) is 1.77. The van der Waals surface area contributed by atoms with Gasteiger partial charge in [-0.3, -0.25) is 4.99 Å². The van der Waals surface area contributed by atoms with E-state index in [9.17, 15) is 0 Å². The fourth-order valence-corrected chi connectivity index (χ4v) is 2.93. The Bertz CT molecular complexity index is 431. The Hall–Kier alpha value is -0.670. The lowest BCUT2D eigenvalue weighted by atomic mass is 10.2. The van der Waals surface area contributed by atoms with Gasteiger partial charge in [0.15, 0.2) is 5.17 Å². The maximum Gasteiger partial charge on any atom is 0.161 e. The molecule has 0 amide bonds. The molecule has 0 radical (unpaired) electrons. The molecule has 1 atom stereocenters. The molecule has 1 aromatic rings. The third-order valence-corrected chi connectivity index (χ3v) is 4.06. The summed E-state index contributed by atoms with van der Waals surface area (Å²) in [5.74, 6) is 1.14. The van der Waals surface area contributed by atoms with Gasteiger partial charge in [-0.25, -0.2) is 0 Å². The molecular weight excluding hydrogens is 252 g/mol. The minimum atomic E-state index is 0.471. The number of aliphatic imine (C=N–C) groups is 1. The summed E-state index contributed by atoms with van der Waals surface area (Å²) in [4.78, 5) is 4.69. The summed E-state index contributed by atoms with van der Waals surface area (Å²) >= 11 is 7.79. The number of anilines is 1. The lowest BCUT2D eigenvalue weighted by Crippen LogP contribution is -2.19. The summed E-state index contributed by atoms with van der Waals surface area (Å²) in [5.41, 5.74) is 2.25. The van der Waals surface area contributed by atoms with Crippen molar-refractivity contribution in [1.29, 1.82) is 0 Å². The summed E-state index contributed by atoms with van der Waals surface area (Å²) in [6.45, 7) is 4.26. The van der Waals surface area contributed by atoms with E-state index in [0.717, 1.165) is 28.1 Å². The highest BCUT2D eigenvalue weighted by molar-refractivity contribution is 8.14. The van der Waals surface area contributed by atoms with Gasteiger partial charge in [0, 0.05) is 16.5 Å². The van der Waals surface area contributed by atoms with Crippen molar-refractivity contribution in [3.05, 3.63) is 28.8 Å². The molecule has 2 nitrogen and oxygen atoms in total. The van der Waals surface area contributed by atoms with Crippen molar-refractivity contribution in [3.63, 3.8) is 0 Å². The summed E-state index contributed by atoms with van der Waals surface area (Å²) in [7, 11) is 0. The summed E-state index contributed by atoms with van der Waals surface area (Å²) in [6, 6.07) is 6.36. The lowest BCUT2D eigenvalue weighted by molar-refractivity contribution is 0.634. The third-order valence-electron chi connectivity index (χ3n) is 2.90. The van der Waals surface area contributed by atoms with E-state index in [1.165, 1.54) is 12.0 Å². The van der Waals surface area contributed by atoms with Crippen molar-refractivity contribution in [2.24, 2.45) is 4.99 Å². The van der Waals surface area contributed by atoms with Crippen molar-refractivity contribution < 1.29 is 0 Å². The van der Waals surface area contributed by atoms with Crippen LogP contribution in [0, 0.1) is 6.92 Å². The predicted molar refractivity (Wildman–Crippen MR) is 78.4 cm³/mol. The van der Waals surface area contributed by atoms with E-state index >= 15 is 0 Å². The Kier molecular flexibility index (Phi) is 4.35. The van der Waals surface area contributed by atoms with E-state index in [1.54, 1.807) is 11.8 Å². The first-order chi connectivity index (χ1) is 8.19. The van der Waals surface area contributed by atoms with E-state index in [1.807, 2.05) is 18.2 Å². The molecule has 0 fully saturated rings. The van der Waals surface area contributed by atoms with E-state index in [0.29, 0.717) is 6.04 Å². The topological polar surface area (TPSA) is 24.4 Å². The van der Waals surface area contributed by atoms with E-state index in [4.69, 9.17) is 16.6 Å². The number of halogens is 1. The van der Waals surface area contributed by atoms with Crippen LogP contribution in [0.4, 0.5) is 5.69 Å². The van der Waals surface area contributed by atoms with Crippen molar-refractivity contribution in [3.8, 4) is 0 Å². The second kappa shape index (κ2) is 5.78. The van der Waals surface area contributed by atoms with Crippen LogP contribution in [-0.4, -0.2) is 17.0 Å². The molecule has 1 aromatic carbocycles. The van der Waals surface area contributed by atoms with Crippen LogP contribution >= 0.6 is 23.4 Å². The quantitative estimate of drug-likeness (QED) is 0.863. The molecule has 1 N–H and O–H groups in total. The Morgan fingerprint density at radius 2 is 2.35 bits per heavy atom. The van der Waals surface area contributed by atoms with Crippen molar-refractivity contribution in [1.82, 2.24) is 0 Å². The van der Waals surface area contributed by atoms with Crippen LogP contribution in [0.15, 0.2) is 23.2 Å². The van der Waals surface area contributed by atoms with Crippen LogP contribution in [0.25, 0.3) is 0 Å². The zero-order valence-corrected chi connectivity index (χ0v) is 11.7. The zero-order valence-electron chi connectivity index (χ0n) is 10.2. The van der Waals surface area contributed by atoms with Crippen LogP contribution in [-0.2, 0) is 0 Å². The van der Waals surface area contributed by atoms with Gasteiger partial charge in [0.2, 0.25) is 0 Å². The van der Waals surface area contributed by atoms with Crippen molar-refractivity contribution >= 4 is 34.2 Å². The average molecular weight is 269 g/mol.